The van der Waals surface area contributed by atoms with E-state index in [0.717, 1.165) is 31.6 Å². The second-order valence-electron chi connectivity index (χ2n) is 8.26. The molecule has 160 valence electrons. The summed E-state index contributed by atoms with van der Waals surface area (Å²) < 4.78 is 28.1. The Morgan fingerprint density at radius 3 is 2.31 bits per heavy atom. The Morgan fingerprint density at radius 1 is 1.07 bits per heavy atom. The van der Waals surface area contributed by atoms with Gasteiger partial charge in [-0.3, -0.25) is 4.72 Å². The van der Waals surface area contributed by atoms with Crippen molar-refractivity contribution in [1.29, 1.82) is 0 Å². The molecule has 0 spiro atoms. The molecule has 0 aliphatic carbocycles. The molecule has 2 aromatic rings. The number of halogens is 1. The molecule has 0 aromatic heterocycles. The maximum atomic E-state index is 12.7. The lowest BCUT2D eigenvalue weighted by Crippen LogP contribution is -2.20. The van der Waals surface area contributed by atoms with Gasteiger partial charge in [0.2, 0.25) is 0 Å². The Balaban J connectivity index is 0.00000300. The first-order valence-electron chi connectivity index (χ1n) is 10.3. The molecular formula is C23H33ClN2O2S. The van der Waals surface area contributed by atoms with E-state index < -0.39 is 10.0 Å². The fourth-order valence-corrected chi connectivity index (χ4v) is 5.00. The van der Waals surface area contributed by atoms with E-state index in [0.29, 0.717) is 22.4 Å². The highest BCUT2D eigenvalue weighted by Crippen LogP contribution is 2.28. The summed E-state index contributed by atoms with van der Waals surface area (Å²) in [4.78, 5) is 2.81. The van der Waals surface area contributed by atoms with Crippen LogP contribution in [0.5, 0.6) is 0 Å². The maximum absolute atomic E-state index is 12.7. The smallest absolute Gasteiger partial charge is 0.261 e. The number of nitrogens with zero attached hydrogens (tertiary/aromatic N) is 1. The number of rotatable bonds is 8. The average molecular weight is 437 g/mol. The minimum absolute atomic E-state index is 0. The lowest BCUT2D eigenvalue weighted by molar-refractivity contribution is 0.335. The van der Waals surface area contributed by atoms with Gasteiger partial charge in [0.25, 0.3) is 10.0 Å². The minimum atomic E-state index is -3.56. The van der Waals surface area contributed by atoms with Crippen molar-refractivity contribution in [3.63, 3.8) is 0 Å². The van der Waals surface area contributed by atoms with Gasteiger partial charge in [-0.1, -0.05) is 45.0 Å². The van der Waals surface area contributed by atoms with Gasteiger partial charge >= 0.3 is 0 Å². The number of hydrogen-bond acceptors (Lipinski definition) is 3. The first-order valence-corrected chi connectivity index (χ1v) is 11.8. The zero-order valence-corrected chi connectivity index (χ0v) is 19.2. The summed E-state index contributed by atoms with van der Waals surface area (Å²) in [6.45, 7) is 9.93. The number of benzene rings is 2. The molecule has 0 amide bonds. The van der Waals surface area contributed by atoms with E-state index in [1.807, 2.05) is 24.3 Å². The number of anilines is 1. The lowest BCUT2D eigenvalue weighted by atomic mass is 9.98. The van der Waals surface area contributed by atoms with Gasteiger partial charge in [0.15, 0.2) is 0 Å². The van der Waals surface area contributed by atoms with Gasteiger partial charge in [0.05, 0.1) is 4.90 Å². The summed E-state index contributed by atoms with van der Waals surface area (Å²) in [7, 11) is -3.56. The molecule has 1 aliphatic heterocycles. The van der Waals surface area contributed by atoms with Crippen LogP contribution in [0, 0.1) is 5.92 Å². The largest absolute Gasteiger partial charge is 0.303 e. The molecule has 0 radical (unpaired) electrons. The van der Waals surface area contributed by atoms with Crippen LogP contribution in [0.2, 0.25) is 0 Å². The number of sulfonamides is 1. The standard InChI is InChI=1S/C23H32N2O2S.ClH/c1-4-14-25-15-13-21(17-25)20-7-9-22(10-8-20)24-28(26,27)23-11-5-19(6-12-23)16-18(2)3;/h5-12,18,21,24H,4,13-17H2,1-3H3;1H. The average Bonchev–Trinajstić information content (AvgIpc) is 3.11. The highest BCUT2D eigenvalue weighted by Gasteiger charge is 2.23. The summed E-state index contributed by atoms with van der Waals surface area (Å²) >= 11 is 0. The highest BCUT2D eigenvalue weighted by atomic mass is 35.5. The molecule has 0 bridgehead atoms. The van der Waals surface area contributed by atoms with Gasteiger partial charge in [-0.25, -0.2) is 8.42 Å². The molecule has 1 N–H and O–H groups in total. The van der Waals surface area contributed by atoms with Crippen LogP contribution >= 0.6 is 12.4 Å². The van der Waals surface area contributed by atoms with Crippen molar-refractivity contribution in [2.24, 2.45) is 5.92 Å². The molecular weight excluding hydrogens is 404 g/mol. The summed E-state index contributed by atoms with van der Waals surface area (Å²) in [5.74, 6) is 1.10. The highest BCUT2D eigenvalue weighted by molar-refractivity contribution is 7.92. The summed E-state index contributed by atoms with van der Waals surface area (Å²) in [5, 5.41) is 0. The molecule has 2 aromatic carbocycles. The number of hydrogen-bond donors (Lipinski definition) is 1. The molecule has 1 heterocycles. The van der Waals surface area contributed by atoms with Crippen LogP contribution in [0.3, 0.4) is 0 Å². The van der Waals surface area contributed by atoms with Crippen LogP contribution in [0.25, 0.3) is 0 Å². The summed E-state index contributed by atoms with van der Waals surface area (Å²) in [6.07, 6.45) is 3.31. The minimum Gasteiger partial charge on any atom is -0.303 e. The first-order chi connectivity index (χ1) is 13.4. The molecule has 3 rings (SSSR count). The Bertz CT molecular complexity index is 865. The van der Waals surface area contributed by atoms with Crippen LogP contribution in [0.1, 0.15) is 50.7 Å². The Kier molecular flexibility index (Phi) is 8.56. The molecule has 1 atom stereocenters. The quantitative estimate of drug-likeness (QED) is 0.610. The van der Waals surface area contributed by atoms with E-state index in [1.54, 1.807) is 12.1 Å². The maximum Gasteiger partial charge on any atom is 0.261 e. The van der Waals surface area contributed by atoms with Gasteiger partial charge in [-0.05, 0) is 79.6 Å². The topological polar surface area (TPSA) is 49.4 Å². The third-order valence-corrected chi connectivity index (χ3v) is 6.72. The van der Waals surface area contributed by atoms with Crippen LogP contribution in [0.15, 0.2) is 53.4 Å². The van der Waals surface area contributed by atoms with E-state index in [1.165, 1.54) is 18.4 Å². The Labute approximate surface area is 182 Å². The molecule has 4 nitrogen and oxygen atoms in total. The predicted octanol–water partition coefficient (Wildman–Crippen LogP) is 5.31. The Hall–Kier alpha value is -1.56. The predicted molar refractivity (Wildman–Crippen MR) is 124 cm³/mol. The van der Waals surface area contributed by atoms with Crippen molar-refractivity contribution in [2.75, 3.05) is 24.4 Å². The van der Waals surface area contributed by atoms with E-state index in [-0.39, 0.29) is 12.4 Å². The summed E-state index contributed by atoms with van der Waals surface area (Å²) in [5.41, 5.74) is 3.06. The zero-order valence-electron chi connectivity index (χ0n) is 17.6. The fourth-order valence-electron chi connectivity index (χ4n) is 3.94. The van der Waals surface area contributed by atoms with Crippen molar-refractivity contribution < 1.29 is 8.42 Å². The molecule has 6 heteroatoms. The van der Waals surface area contributed by atoms with Gasteiger partial charge in [0.1, 0.15) is 0 Å². The molecule has 1 saturated heterocycles. The number of likely N-dealkylation sites (tertiary alicyclic amines) is 1. The van der Waals surface area contributed by atoms with Crippen molar-refractivity contribution >= 4 is 28.1 Å². The second kappa shape index (κ2) is 10.5. The van der Waals surface area contributed by atoms with E-state index in [2.05, 4.69) is 42.5 Å². The van der Waals surface area contributed by atoms with Crippen molar-refractivity contribution in [3.05, 3.63) is 59.7 Å². The molecule has 1 aliphatic rings. The van der Waals surface area contributed by atoms with E-state index in [4.69, 9.17) is 0 Å². The van der Waals surface area contributed by atoms with E-state index >= 15 is 0 Å². The summed E-state index contributed by atoms with van der Waals surface area (Å²) in [6, 6.07) is 15.1. The van der Waals surface area contributed by atoms with Crippen LogP contribution in [-0.4, -0.2) is 33.0 Å². The van der Waals surface area contributed by atoms with E-state index in [9.17, 15) is 8.42 Å². The third-order valence-electron chi connectivity index (χ3n) is 5.32. The molecule has 1 fully saturated rings. The first kappa shape index (κ1) is 23.7. The monoisotopic (exact) mass is 436 g/mol. The van der Waals surface area contributed by atoms with Crippen molar-refractivity contribution in [3.8, 4) is 0 Å². The SMILES string of the molecule is CCCN1CCC(c2ccc(NS(=O)(=O)c3ccc(CC(C)C)cc3)cc2)C1.Cl. The van der Waals surface area contributed by atoms with Crippen LogP contribution in [-0.2, 0) is 16.4 Å². The van der Waals surface area contributed by atoms with Crippen molar-refractivity contribution in [1.82, 2.24) is 4.90 Å². The zero-order chi connectivity index (χ0) is 20.1. The van der Waals surface area contributed by atoms with Gasteiger partial charge in [0, 0.05) is 12.2 Å². The lowest BCUT2D eigenvalue weighted by Gasteiger charge is -2.15. The molecule has 29 heavy (non-hydrogen) atoms. The number of nitrogens with one attached hydrogen (secondary N) is 1. The van der Waals surface area contributed by atoms with Gasteiger partial charge in [-0.15, -0.1) is 12.4 Å². The van der Waals surface area contributed by atoms with Crippen LogP contribution < -0.4 is 4.72 Å². The van der Waals surface area contributed by atoms with Crippen LogP contribution in [0.4, 0.5) is 5.69 Å². The molecule has 1 unspecified atom stereocenters. The third kappa shape index (κ3) is 6.46. The fraction of sp³-hybridized carbons (Fsp3) is 0.478. The normalized spacial score (nSPS) is 17.3. The molecule has 0 saturated carbocycles. The van der Waals surface area contributed by atoms with Crippen molar-refractivity contribution in [2.45, 2.75) is 50.8 Å². The Morgan fingerprint density at radius 2 is 1.72 bits per heavy atom. The second-order valence-corrected chi connectivity index (χ2v) is 9.94. The van der Waals surface area contributed by atoms with Gasteiger partial charge < -0.3 is 4.90 Å². The van der Waals surface area contributed by atoms with Gasteiger partial charge in [-0.2, -0.15) is 0 Å².